The van der Waals surface area contributed by atoms with Crippen molar-refractivity contribution in [2.45, 2.75) is 6.42 Å². The summed E-state index contributed by atoms with van der Waals surface area (Å²) in [5, 5.41) is 10.7. The fourth-order valence-corrected chi connectivity index (χ4v) is 2.74. The predicted molar refractivity (Wildman–Crippen MR) is 89.8 cm³/mol. The van der Waals surface area contributed by atoms with Crippen molar-refractivity contribution >= 4 is 17.4 Å². The van der Waals surface area contributed by atoms with Gasteiger partial charge in [-0.3, -0.25) is 14.9 Å². The number of aromatic nitrogens is 1. The maximum Gasteiger partial charge on any atom is 0.287 e. The molecule has 0 radical (unpaired) electrons. The van der Waals surface area contributed by atoms with E-state index in [2.05, 4.69) is 4.98 Å². The molecule has 2 heterocycles. The first-order valence-electron chi connectivity index (χ1n) is 7.80. The van der Waals surface area contributed by atoms with Crippen LogP contribution >= 0.6 is 0 Å². The zero-order valence-electron chi connectivity index (χ0n) is 13.2. The van der Waals surface area contributed by atoms with Gasteiger partial charge in [-0.2, -0.15) is 0 Å². The summed E-state index contributed by atoms with van der Waals surface area (Å²) in [5.74, 6) is 0.827. The molecular formula is C17H18N4O3. The lowest BCUT2D eigenvalue weighted by molar-refractivity contribution is -0.385. The molecule has 1 fully saturated rings. The van der Waals surface area contributed by atoms with E-state index in [-0.39, 0.29) is 11.6 Å². The molecule has 7 nitrogen and oxygen atoms in total. The quantitative estimate of drug-likeness (QED) is 0.633. The van der Waals surface area contributed by atoms with Crippen LogP contribution in [0.3, 0.4) is 0 Å². The molecule has 0 atom stereocenters. The van der Waals surface area contributed by atoms with Crippen molar-refractivity contribution in [1.29, 1.82) is 0 Å². The fraction of sp³-hybridized carbons (Fsp3) is 0.294. The number of hydrogen-bond acceptors (Lipinski definition) is 5. The SMILES string of the molecule is O=C(Cc1ccccc1)N1CCN(c2ccc([N+](=O)[O-])cn2)CC1. The molecule has 1 aromatic carbocycles. The summed E-state index contributed by atoms with van der Waals surface area (Å²) in [6.45, 7) is 2.60. The summed E-state index contributed by atoms with van der Waals surface area (Å²) in [6, 6.07) is 12.8. The molecule has 0 aliphatic carbocycles. The van der Waals surface area contributed by atoms with Crippen LogP contribution in [0.4, 0.5) is 11.5 Å². The molecule has 0 spiro atoms. The molecule has 1 saturated heterocycles. The molecule has 1 amide bonds. The van der Waals surface area contributed by atoms with Crippen LogP contribution in [0, 0.1) is 10.1 Å². The highest BCUT2D eigenvalue weighted by Gasteiger charge is 2.22. The molecule has 0 unspecified atom stereocenters. The molecule has 124 valence electrons. The number of amides is 1. The van der Waals surface area contributed by atoms with Crippen LogP contribution in [-0.2, 0) is 11.2 Å². The standard InChI is InChI=1S/C17H18N4O3/c22-17(12-14-4-2-1-3-5-14)20-10-8-19(9-11-20)16-7-6-15(13-18-16)21(23)24/h1-7,13H,8-12H2. The second-order valence-corrected chi connectivity index (χ2v) is 5.66. The summed E-state index contributed by atoms with van der Waals surface area (Å²) >= 11 is 0. The van der Waals surface area contributed by atoms with Gasteiger partial charge in [-0.1, -0.05) is 30.3 Å². The van der Waals surface area contributed by atoms with Crippen LogP contribution in [0.1, 0.15) is 5.56 Å². The maximum absolute atomic E-state index is 12.3. The van der Waals surface area contributed by atoms with Gasteiger partial charge in [0, 0.05) is 32.2 Å². The van der Waals surface area contributed by atoms with Gasteiger partial charge in [0.1, 0.15) is 12.0 Å². The highest BCUT2D eigenvalue weighted by atomic mass is 16.6. The lowest BCUT2D eigenvalue weighted by Gasteiger charge is -2.35. The maximum atomic E-state index is 12.3. The van der Waals surface area contributed by atoms with Crippen molar-refractivity contribution in [3.8, 4) is 0 Å². The minimum Gasteiger partial charge on any atom is -0.353 e. The molecule has 1 aliphatic heterocycles. The Bertz CT molecular complexity index is 710. The van der Waals surface area contributed by atoms with Crippen LogP contribution in [0.2, 0.25) is 0 Å². The van der Waals surface area contributed by atoms with Gasteiger partial charge in [-0.15, -0.1) is 0 Å². The summed E-state index contributed by atoms with van der Waals surface area (Å²) in [6.07, 6.45) is 1.68. The second kappa shape index (κ2) is 7.08. The van der Waals surface area contributed by atoms with Crippen LogP contribution in [0.25, 0.3) is 0 Å². The van der Waals surface area contributed by atoms with Crippen molar-refractivity contribution in [3.63, 3.8) is 0 Å². The number of carbonyl (C=O) groups is 1. The fourth-order valence-electron chi connectivity index (χ4n) is 2.74. The van der Waals surface area contributed by atoms with Gasteiger partial charge in [0.05, 0.1) is 11.3 Å². The molecular weight excluding hydrogens is 308 g/mol. The van der Waals surface area contributed by atoms with Crippen LogP contribution < -0.4 is 4.90 Å². The average Bonchev–Trinajstić information content (AvgIpc) is 2.63. The van der Waals surface area contributed by atoms with Gasteiger partial charge in [-0.05, 0) is 11.6 Å². The number of nitrogens with zero attached hydrogens (tertiary/aromatic N) is 4. The highest BCUT2D eigenvalue weighted by Crippen LogP contribution is 2.17. The number of benzene rings is 1. The van der Waals surface area contributed by atoms with E-state index in [4.69, 9.17) is 0 Å². The Morgan fingerprint density at radius 1 is 1.08 bits per heavy atom. The molecule has 7 heteroatoms. The number of piperazine rings is 1. The zero-order valence-corrected chi connectivity index (χ0v) is 13.2. The van der Waals surface area contributed by atoms with E-state index in [1.54, 1.807) is 6.07 Å². The largest absolute Gasteiger partial charge is 0.353 e. The second-order valence-electron chi connectivity index (χ2n) is 5.66. The number of nitro groups is 1. The van der Waals surface area contributed by atoms with Crippen molar-refractivity contribution < 1.29 is 9.72 Å². The van der Waals surface area contributed by atoms with Gasteiger partial charge >= 0.3 is 0 Å². The first kappa shape index (κ1) is 15.9. The lowest BCUT2D eigenvalue weighted by Crippen LogP contribution is -2.49. The normalized spacial score (nSPS) is 14.5. The molecule has 0 saturated carbocycles. The van der Waals surface area contributed by atoms with Gasteiger partial charge in [0.25, 0.3) is 5.69 Å². The number of anilines is 1. The minimum absolute atomic E-state index is 0.0181. The monoisotopic (exact) mass is 326 g/mol. The lowest BCUT2D eigenvalue weighted by atomic mass is 10.1. The highest BCUT2D eigenvalue weighted by molar-refractivity contribution is 5.79. The first-order chi connectivity index (χ1) is 11.6. The molecule has 1 aliphatic rings. The van der Waals surface area contributed by atoms with Crippen molar-refractivity contribution in [1.82, 2.24) is 9.88 Å². The van der Waals surface area contributed by atoms with Crippen molar-refractivity contribution in [2.75, 3.05) is 31.1 Å². The predicted octanol–water partition coefficient (Wildman–Crippen LogP) is 1.88. The van der Waals surface area contributed by atoms with Crippen LogP contribution in [0.5, 0.6) is 0 Å². The molecule has 1 aromatic heterocycles. The van der Waals surface area contributed by atoms with Crippen molar-refractivity contribution in [2.24, 2.45) is 0 Å². The molecule has 0 N–H and O–H groups in total. The van der Waals surface area contributed by atoms with Gasteiger partial charge < -0.3 is 9.80 Å². The third-order valence-corrected chi connectivity index (χ3v) is 4.10. The molecule has 24 heavy (non-hydrogen) atoms. The van der Waals surface area contributed by atoms with Crippen LogP contribution in [0.15, 0.2) is 48.7 Å². The summed E-state index contributed by atoms with van der Waals surface area (Å²) in [5.41, 5.74) is 0.998. The summed E-state index contributed by atoms with van der Waals surface area (Å²) < 4.78 is 0. The molecule has 2 aromatic rings. The third-order valence-electron chi connectivity index (χ3n) is 4.10. The number of carbonyl (C=O) groups excluding carboxylic acids is 1. The Balaban J connectivity index is 1.55. The van der Waals surface area contributed by atoms with Gasteiger partial charge in [0.2, 0.25) is 5.91 Å². The Morgan fingerprint density at radius 3 is 2.38 bits per heavy atom. The van der Waals surface area contributed by atoms with E-state index in [0.717, 1.165) is 5.56 Å². The van der Waals surface area contributed by atoms with Gasteiger partial charge in [0.15, 0.2) is 0 Å². The summed E-state index contributed by atoms with van der Waals surface area (Å²) in [4.78, 5) is 30.6. The Labute approximate surface area is 139 Å². The third kappa shape index (κ3) is 3.68. The van der Waals surface area contributed by atoms with Gasteiger partial charge in [-0.25, -0.2) is 4.98 Å². The van der Waals surface area contributed by atoms with E-state index in [1.807, 2.05) is 40.1 Å². The molecule has 3 rings (SSSR count). The average molecular weight is 326 g/mol. The van der Waals surface area contributed by atoms with E-state index in [1.165, 1.54) is 12.3 Å². The van der Waals surface area contributed by atoms with Crippen molar-refractivity contribution in [3.05, 3.63) is 64.3 Å². The first-order valence-corrected chi connectivity index (χ1v) is 7.80. The number of hydrogen-bond donors (Lipinski definition) is 0. The summed E-state index contributed by atoms with van der Waals surface area (Å²) in [7, 11) is 0. The molecule has 0 bridgehead atoms. The Morgan fingerprint density at radius 2 is 1.79 bits per heavy atom. The Hall–Kier alpha value is -2.96. The number of rotatable bonds is 4. The topological polar surface area (TPSA) is 79.6 Å². The smallest absolute Gasteiger partial charge is 0.287 e. The van der Waals surface area contributed by atoms with E-state index in [9.17, 15) is 14.9 Å². The zero-order chi connectivity index (χ0) is 16.9. The Kier molecular flexibility index (Phi) is 4.69. The number of pyridine rings is 1. The van der Waals surface area contributed by atoms with Crippen LogP contribution in [-0.4, -0.2) is 46.9 Å². The van der Waals surface area contributed by atoms with E-state index < -0.39 is 4.92 Å². The van der Waals surface area contributed by atoms with E-state index in [0.29, 0.717) is 38.4 Å². The minimum atomic E-state index is -0.461. The van der Waals surface area contributed by atoms with E-state index >= 15 is 0 Å².